The number of rotatable bonds is 8. The lowest BCUT2D eigenvalue weighted by Gasteiger charge is -2.16. The SMILES string of the molecule is CCC(CC)NC(=O)CNCC1(SC)CC1. The maximum Gasteiger partial charge on any atom is 0.234 e. The molecule has 0 radical (unpaired) electrons. The van der Waals surface area contributed by atoms with E-state index in [9.17, 15) is 4.79 Å². The van der Waals surface area contributed by atoms with Crippen LogP contribution in [0, 0.1) is 0 Å². The van der Waals surface area contributed by atoms with Gasteiger partial charge in [-0.25, -0.2) is 0 Å². The molecule has 1 rings (SSSR count). The van der Waals surface area contributed by atoms with E-state index in [0.717, 1.165) is 19.4 Å². The minimum atomic E-state index is 0.130. The highest BCUT2D eigenvalue weighted by molar-refractivity contribution is 8.00. The van der Waals surface area contributed by atoms with Gasteiger partial charge in [0.25, 0.3) is 0 Å². The van der Waals surface area contributed by atoms with E-state index in [1.807, 2.05) is 11.8 Å². The zero-order chi connectivity index (χ0) is 12.0. The molecule has 3 nitrogen and oxygen atoms in total. The molecule has 0 spiro atoms. The van der Waals surface area contributed by atoms with Gasteiger partial charge in [-0.1, -0.05) is 13.8 Å². The van der Waals surface area contributed by atoms with E-state index >= 15 is 0 Å². The Morgan fingerprint density at radius 1 is 1.38 bits per heavy atom. The van der Waals surface area contributed by atoms with Gasteiger partial charge in [-0.15, -0.1) is 0 Å². The summed E-state index contributed by atoms with van der Waals surface area (Å²) in [6.07, 6.45) is 6.75. The predicted octanol–water partition coefficient (Wildman–Crippen LogP) is 1.78. The van der Waals surface area contributed by atoms with Crippen molar-refractivity contribution in [2.75, 3.05) is 19.3 Å². The van der Waals surface area contributed by atoms with Crippen LogP contribution in [-0.4, -0.2) is 36.0 Å². The third-order valence-corrected chi connectivity index (χ3v) is 4.74. The standard InChI is InChI=1S/C12H24N2OS/c1-4-10(5-2)14-11(15)8-13-9-12(16-3)6-7-12/h10,13H,4-9H2,1-3H3,(H,14,15). The normalized spacial score (nSPS) is 17.5. The fourth-order valence-electron chi connectivity index (χ4n) is 1.77. The van der Waals surface area contributed by atoms with Gasteiger partial charge in [0.2, 0.25) is 5.91 Å². The third kappa shape index (κ3) is 4.34. The first kappa shape index (κ1) is 13.8. The Morgan fingerprint density at radius 3 is 2.44 bits per heavy atom. The molecular weight excluding hydrogens is 220 g/mol. The van der Waals surface area contributed by atoms with E-state index in [1.165, 1.54) is 12.8 Å². The molecular formula is C12H24N2OS. The topological polar surface area (TPSA) is 41.1 Å². The Morgan fingerprint density at radius 2 is 2.00 bits per heavy atom. The predicted molar refractivity (Wildman–Crippen MR) is 70.9 cm³/mol. The average molecular weight is 244 g/mol. The molecule has 0 saturated heterocycles. The number of nitrogens with one attached hydrogen (secondary N) is 2. The monoisotopic (exact) mass is 244 g/mol. The van der Waals surface area contributed by atoms with Crippen molar-refractivity contribution in [3.05, 3.63) is 0 Å². The lowest BCUT2D eigenvalue weighted by Crippen LogP contribution is -2.41. The van der Waals surface area contributed by atoms with Crippen LogP contribution in [0.25, 0.3) is 0 Å². The van der Waals surface area contributed by atoms with Crippen LogP contribution >= 0.6 is 11.8 Å². The Kier molecular flexibility index (Phi) is 5.62. The van der Waals surface area contributed by atoms with Gasteiger partial charge < -0.3 is 10.6 Å². The molecule has 0 heterocycles. The van der Waals surface area contributed by atoms with Crippen molar-refractivity contribution in [1.82, 2.24) is 10.6 Å². The van der Waals surface area contributed by atoms with Crippen LogP contribution in [0.3, 0.4) is 0 Å². The van der Waals surface area contributed by atoms with E-state index in [-0.39, 0.29) is 5.91 Å². The minimum absolute atomic E-state index is 0.130. The van der Waals surface area contributed by atoms with E-state index in [4.69, 9.17) is 0 Å². The second kappa shape index (κ2) is 6.50. The van der Waals surface area contributed by atoms with Crippen molar-refractivity contribution < 1.29 is 4.79 Å². The lowest BCUT2D eigenvalue weighted by molar-refractivity contribution is -0.121. The van der Waals surface area contributed by atoms with Crippen LogP contribution in [0.15, 0.2) is 0 Å². The molecule has 94 valence electrons. The molecule has 0 aromatic carbocycles. The van der Waals surface area contributed by atoms with Crippen LogP contribution in [0.1, 0.15) is 39.5 Å². The maximum absolute atomic E-state index is 11.6. The van der Waals surface area contributed by atoms with E-state index < -0.39 is 0 Å². The average Bonchev–Trinajstić information content (AvgIpc) is 3.06. The highest BCUT2D eigenvalue weighted by Crippen LogP contribution is 2.46. The van der Waals surface area contributed by atoms with Crippen molar-refractivity contribution in [1.29, 1.82) is 0 Å². The summed E-state index contributed by atoms with van der Waals surface area (Å²) < 4.78 is 0.440. The summed E-state index contributed by atoms with van der Waals surface area (Å²) in [6.45, 7) is 5.63. The minimum Gasteiger partial charge on any atom is -0.352 e. The second-order valence-electron chi connectivity index (χ2n) is 4.57. The molecule has 0 unspecified atom stereocenters. The molecule has 0 aromatic heterocycles. The molecule has 1 fully saturated rings. The zero-order valence-corrected chi connectivity index (χ0v) is 11.5. The fraction of sp³-hybridized carbons (Fsp3) is 0.917. The molecule has 4 heteroatoms. The molecule has 1 saturated carbocycles. The van der Waals surface area contributed by atoms with Gasteiger partial charge in [-0.05, 0) is 31.9 Å². The number of carbonyl (C=O) groups is 1. The molecule has 0 bridgehead atoms. The van der Waals surface area contributed by atoms with Gasteiger partial charge >= 0.3 is 0 Å². The molecule has 2 N–H and O–H groups in total. The van der Waals surface area contributed by atoms with Gasteiger partial charge in [0.1, 0.15) is 0 Å². The van der Waals surface area contributed by atoms with Crippen molar-refractivity contribution >= 4 is 17.7 Å². The number of thioether (sulfide) groups is 1. The van der Waals surface area contributed by atoms with E-state index in [0.29, 0.717) is 17.3 Å². The van der Waals surface area contributed by atoms with Crippen molar-refractivity contribution in [2.24, 2.45) is 0 Å². The van der Waals surface area contributed by atoms with Crippen LogP contribution in [-0.2, 0) is 4.79 Å². The summed E-state index contributed by atoms with van der Waals surface area (Å²) in [7, 11) is 0. The number of hydrogen-bond acceptors (Lipinski definition) is 3. The molecule has 1 aliphatic rings. The van der Waals surface area contributed by atoms with Crippen LogP contribution in [0.2, 0.25) is 0 Å². The molecule has 16 heavy (non-hydrogen) atoms. The van der Waals surface area contributed by atoms with Crippen LogP contribution in [0.5, 0.6) is 0 Å². The first-order valence-corrected chi connectivity index (χ1v) is 7.43. The van der Waals surface area contributed by atoms with Crippen molar-refractivity contribution in [3.63, 3.8) is 0 Å². The van der Waals surface area contributed by atoms with Gasteiger partial charge in [0, 0.05) is 17.3 Å². The van der Waals surface area contributed by atoms with Crippen molar-refractivity contribution in [3.8, 4) is 0 Å². The largest absolute Gasteiger partial charge is 0.352 e. The quantitative estimate of drug-likeness (QED) is 0.684. The van der Waals surface area contributed by atoms with Crippen LogP contribution < -0.4 is 10.6 Å². The van der Waals surface area contributed by atoms with Gasteiger partial charge in [0.05, 0.1) is 6.54 Å². The lowest BCUT2D eigenvalue weighted by atomic mass is 10.2. The summed E-state index contributed by atoms with van der Waals surface area (Å²) in [6, 6.07) is 0.338. The third-order valence-electron chi connectivity index (χ3n) is 3.32. The Bertz CT molecular complexity index is 225. The summed E-state index contributed by atoms with van der Waals surface area (Å²) in [5.41, 5.74) is 0. The number of carbonyl (C=O) groups excluding carboxylic acids is 1. The summed E-state index contributed by atoms with van der Waals surface area (Å²) in [5, 5.41) is 6.29. The number of hydrogen-bond donors (Lipinski definition) is 2. The molecule has 0 aliphatic heterocycles. The molecule has 0 atom stereocenters. The van der Waals surface area contributed by atoms with Gasteiger partial charge in [0.15, 0.2) is 0 Å². The zero-order valence-electron chi connectivity index (χ0n) is 10.6. The molecule has 0 aromatic rings. The smallest absolute Gasteiger partial charge is 0.234 e. The van der Waals surface area contributed by atoms with E-state index in [1.54, 1.807) is 0 Å². The molecule has 1 aliphatic carbocycles. The van der Waals surface area contributed by atoms with Gasteiger partial charge in [-0.2, -0.15) is 11.8 Å². The second-order valence-corrected chi connectivity index (χ2v) is 5.85. The first-order chi connectivity index (χ1) is 7.65. The summed E-state index contributed by atoms with van der Waals surface area (Å²) in [5.74, 6) is 0.130. The summed E-state index contributed by atoms with van der Waals surface area (Å²) in [4.78, 5) is 11.6. The Labute approximate surface area is 103 Å². The Balaban J connectivity index is 2.10. The highest BCUT2D eigenvalue weighted by atomic mass is 32.2. The fourth-order valence-corrected chi connectivity index (χ4v) is 2.52. The Hall–Kier alpha value is -0.220. The van der Waals surface area contributed by atoms with Gasteiger partial charge in [-0.3, -0.25) is 4.79 Å². The van der Waals surface area contributed by atoms with Crippen LogP contribution in [0.4, 0.5) is 0 Å². The number of amides is 1. The first-order valence-electron chi connectivity index (χ1n) is 6.21. The van der Waals surface area contributed by atoms with E-state index in [2.05, 4.69) is 30.7 Å². The highest BCUT2D eigenvalue weighted by Gasteiger charge is 2.41. The van der Waals surface area contributed by atoms with Crippen molar-refractivity contribution in [2.45, 2.75) is 50.3 Å². The summed E-state index contributed by atoms with van der Waals surface area (Å²) >= 11 is 1.92. The maximum atomic E-state index is 11.6. The molecule has 1 amide bonds.